The van der Waals surface area contributed by atoms with E-state index in [0.29, 0.717) is 10.8 Å². The van der Waals surface area contributed by atoms with Crippen LogP contribution in [0.1, 0.15) is 45.6 Å². The van der Waals surface area contributed by atoms with Gasteiger partial charge >= 0.3 is 0 Å². The van der Waals surface area contributed by atoms with Crippen molar-refractivity contribution in [2.45, 2.75) is 58.6 Å². The molecular formula is C19H29ClN2O2. The van der Waals surface area contributed by atoms with Crippen LogP contribution in [0.15, 0.2) is 18.2 Å². The summed E-state index contributed by atoms with van der Waals surface area (Å²) in [6.45, 7) is 11.0. The molecular weight excluding hydrogens is 324 g/mol. The summed E-state index contributed by atoms with van der Waals surface area (Å²) >= 11 is 6.04. The van der Waals surface area contributed by atoms with Gasteiger partial charge in [0.1, 0.15) is 5.75 Å². The van der Waals surface area contributed by atoms with E-state index in [-0.39, 0.29) is 11.9 Å². The van der Waals surface area contributed by atoms with Gasteiger partial charge in [-0.25, -0.2) is 0 Å². The van der Waals surface area contributed by atoms with Gasteiger partial charge in [0.2, 0.25) is 0 Å². The summed E-state index contributed by atoms with van der Waals surface area (Å²) in [5.41, 5.74) is 0.0227. The SMILES string of the molecule is CCCN1CCC(NC(=O)C(C)(C)Oc2ccc(Cl)c(C)c2)CC1. The standard InChI is InChI=1S/C19H29ClN2O2/c1-5-10-22-11-8-15(9-12-22)21-18(23)19(3,4)24-16-6-7-17(20)14(2)13-16/h6-7,13,15H,5,8-12H2,1-4H3,(H,21,23). The Balaban J connectivity index is 1.89. The summed E-state index contributed by atoms with van der Waals surface area (Å²) in [4.78, 5) is 15.1. The highest BCUT2D eigenvalue weighted by Gasteiger charge is 2.32. The van der Waals surface area contributed by atoms with E-state index >= 15 is 0 Å². The van der Waals surface area contributed by atoms with Crippen molar-refractivity contribution in [3.63, 3.8) is 0 Å². The molecule has 1 aromatic carbocycles. The van der Waals surface area contributed by atoms with Crippen LogP contribution in [0, 0.1) is 6.92 Å². The Hall–Kier alpha value is -1.26. The van der Waals surface area contributed by atoms with Crippen molar-refractivity contribution in [1.29, 1.82) is 0 Å². The number of halogens is 1. The minimum atomic E-state index is -0.916. The predicted octanol–water partition coefficient (Wildman–Crippen LogP) is 3.80. The first-order chi connectivity index (χ1) is 11.3. The van der Waals surface area contributed by atoms with Crippen molar-refractivity contribution in [2.24, 2.45) is 0 Å². The van der Waals surface area contributed by atoms with E-state index < -0.39 is 5.60 Å². The number of carbonyl (C=O) groups is 1. The number of carbonyl (C=O) groups excluding carboxylic acids is 1. The van der Waals surface area contributed by atoms with E-state index in [9.17, 15) is 4.79 Å². The molecule has 0 atom stereocenters. The van der Waals surface area contributed by atoms with Crippen LogP contribution in [-0.4, -0.2) is 42.1 Å². The first-order valence-corrected chi connectivity index (χ1v) is 9.18. The van der Waals surface area contributed by atoms with Crippen molar-refractivity contribution >= 4 is 17.5 Å². The molecule has 0 saturated carbocycles. The number of rotatable bonds is 6. The van der Waals surface area contributed by atoms with E-state index in [0.717, 1.165) is 38.0 Å². The number of nitrogens with zero attached hydrogens (tertiary/aromatic N) is 1. The van der Waals surface area contributed by atoms with Gasteiger partial charge in [0, 0.05) is 24.2 Å². The van der Waals surface area contributed by atoms with Crippen LogP contribution in [0.2, 0.25) is 5.02 Å². The molecule has 1 heterocycles. The molecule has 5 heteroatoms. The fourth-order valence-electron chi connectivity index (χ4n) is 3.00. The topological polar surface area (TPSA) is 41.6 Å². The number of nitrogens with one attached hydrogen (secondary N) is 1. The average molecular weight is 353 g/mol. The van der Waals surface area contributed by atoms with Gasteiger partial charge in [-0.15, -0.1) is 0 Å². The predicted molar refractivity (Wildman–Crippen MR) is 98.8 cm³/mol. The van der Waals surface area contributed by atoms with Gasteiger partial charge < -0.3 is 15.0 Å². The summed E-state index contributed by atoms with van der Waals surface area (Å²) in [6, 6.07) is 5.69. The number of aryl methyl sites for hydroxylation is 1. The minimum absolute atomic E-state index is 0.0657. The van der Waals surface area contributed by atoms with Crippen molar-refractivity contribution in [3.8, 4) is 5.75 Å². The van der Waals surface area contributed by atoms with E-state index in [1.807, 2.05) is 13.0 Å². The van der Waals surface area contributed by atoms with Crippen LogP contribution in [0.4, 0.5) is 0 Å². The number of hydrogen-bond acceptors (Lipinski definition) is 3. The summed E-state index contributed by atoms with van der Waals surface area (Å²) in [5, 5.41) is 3.85. The Morgan fingerprint density at radius 2 is 2.04 bits per heavy atom. The molecule has 24 heavy (non-hydrogen) atoms. The van der Waals surface area contributed by atoms with Crippen LogP contribution in [0.3, 0.4) is 0 Å². The van der Waals surface area contributed by atoms with Gasteiger partial charge in [-0.05, 0) is 70.3 Å². The van der Waals surface area contributed by atoms with Crippen LogP contribution in [0.5, 0.6) is 5.75 Å². The van der Waals surface area contributed by atoms with Crippen LogP contribution in [0.25, 0.3) is 0 Å². The Morgan fingerprint density at radius 3 is 2.62 bits per heavy atom. The maximum Gasteiger partial charge on any atom is 0.263 e. The summed E-state index contributed by atoms with van der Waals surface area (Å²) in [7, 11) is 0. The van der Waals surface area contributed by atoms with E-state index in [1.165, 1.54) is 6.42 Å². The maximum absolute atomic E-state index is 12.6. The lowest BCUT2D eigenvalue weighted by Gasteiger charge is -2.34. The van der Waals surface area contributed by atoms with Crippen molar-refractivity contribution in [2.75, 3.05) is 19.6 Å². The van der Waals surface area contributed by atoms with E-state index in [4.69, 9.17) is 16.3 Å². The van der Waals surface area contributed by atoms with Gasteiger partial charge in [-0.1, -0.05) is 18.5 Å². The third-order valence-corrected chi connectivity index (χ3v) is 4.94. The zero-order chi connectivity index (χ0) is 17.7. The summed E-state index contributed by atoms with van der Waals surface area (Å²) in [5.74, 6) is 0.596. The largest absolute Gasteiger partial charge is 0.478 e. The number of amides is 1. The molecule has 0 radical (unpaired) electrons. The van der Waals surface area contributed by atoms with Gasteiger partial charge in [0.05, 0.1) is 0 Å². The Kier molecular flexibility index (Phi) is 6.53. The number of ether oxygens (including phenoxy) is 1. The second-order valence-electron chi connectivity index (χ2n) is 7.11. The molecule has 1 aliphatic rings. The highest BCUT2D eigenvalue weighted by molar-refractivity contribution is 6.31. The van der Waals surface area contributed by atoms with Crippen LogP contribution < -0.4 is 10.1 Å². The smallest absolute Gasteiger partial charge is 0.263 e. The highest BCUT2D eigenvalue weighted by atomic mass is 35.5. The summed E-state index contributed by atoms with van der Waals surface area (Å²) < 4.78 is 5.92. The molecule has 0 spiro atoms. The zero-order valence-electron chi connectivity index (χ0n) is 15.2. The van der Waals surface area contributed by atoms with Crippen molar-refractivity contribution in [1.82, 2.24) is 10.2 Å². The molecule has 4 nitrogen and oxygen atoms in total. The molecule has 0 aliphatic carbocycles. The molecule has 0 unspecified atom stereocenters. The van der Waals surface area contributed by atoms with Gasteiger partial charge in [-0.2, -0.15) is 0 Å². The summed E-state index contributed by atoms with van der Waals surface area (Å²) in [6.07, 6.45) is 3.18. The molecule has 2 rings (SSSR count). The van der Waals surface area contributed by atoms with E-state index in [2.05, 4.69) is 17.1 Å². The fraction of sp³-hybridized carbons (Fsp3) is 0.632. The van der Waals surface area contributed by atoms with Crippen LogP contribution in [-0.2, 0) is 4.79 Å². The molecule has 1 N–H and O–H groups in total. The number of hydrogen-bond donors (Lipinski definition) is 1. The molecule has 1 aromatic rings. The Labute approximate surface area is 150 Å². The maximum atomic E-state index is 12.6. The third-order valence-electron chi connectivity index (χ3n) is 4.51. The lowest BCUT2D eigenvalue weighted by molar-refractivity contribution is -0.135. The lowest BCUT2D eigenvalue weighted by atomic mass is 10.0. The number of likely N-dealkylation sites (tertiary alicyclic amines) is 1. The van der Waals surface area contributed by atoms with Crippen LogP contribution >= 0.6 is 11.6 Å². The van der Waals surface area contributed by atoms with E-state index in [1.54, 1.807) is 26.0 Å². The normalized spacial score (nSPS) is 16.9. The van der Waals surface area contributed by atoms with Gasteiger partial charge in [0.15, 0.2) is 5.60 Å². The minimum Gasteiger partial charge on any atom is -0.478 e. The first kappa shape index (κ1) is 19.1. The fourth-order valence-corrected chi connectivity index (χ4v) is 3.12. The highest BCUT2D eigenvalue weighted by Crippen LogP contribution is 2.25. The monoisotopic (exact) mass is 352 g/mol. The third kappa shape index (κ3) is 5.12. The second kappa shape index (κ2) is 8.21. The van der Waals surface area contributed by atoms with Crippen molar-refractivity contribution < 1.29 is 9.53 Å². The molecule has 1 amide bonds. The lowest BCUT2D eigenvalue weighted by Crippen LogP contribution is -2.52. The molecule has 1 saturated heterocycles. The van der Waals surface area contributed by atoms with Crippen molar-refractivity contribution in [3.05, 3.63) is 28.8 Å². The number of piperidine rings is 1. The molecule has 1 fully saturated rings. The average Bonchev–Trinajstić information content (AvgIpc) is 2.53. The quantitative estimate of drug-likeness (QED) is 0.846. The zero-order valence-corrected chi connectivity index (χ0v) is 15.9. The Morgan fingerprint density at radius 1 is 1.38 bits per heavy atom. The van der Waals surface area contributed by atoms with Gasteiger partial charge in [-0.3, -0.25) is 4.79 Å². The van der Waals surface area contributed by atoms with Gasteiger partial charge in [0.25, 0.3) is 5.91 Å². The molecule has 0 aromatic heterocycles. The molecule has 1 aliphatic heterocycles. The molecule has 0 bridgehead atoms. The molecule has 134 valence electrons. The first-order valence-electron chi connectivity index (χ1n) is 8.80. The Bertz CT molecular complexity index is 566. The second-order valence-corrected chi connectivity index (χ2v) is 7.52. The number of benzene rings is 1.